The van der Waals surface area contributed by atoms with Gasteiger partial charge in [-0.3, -0.25) is 15.1 Å². The molecule has 0 unspecified atom stereocenters. The summed E-state index contributed by atoms with van der Waals surface area (Å²) in [7, 11) is 0. The molecule has 3 amide bonds. The highest BCUT2D eigenvalue weighted by Crippen LogP contribution is 2.19. The number of carbonyl (C=O) groups is 3. The van der Waals surface area contributed by atoms with Gasteiger partial charge in [-0.2, -0.15) is 0 Å². The number of rotatable bonds is 5. The number of amides is 3. The Bertz CT molecular complexity index is 704. The predicted octanol–water partition coefficient (Wildman–Crippen LogP) is 1.83. The van der Waals surface area contributed by atoms with Gasteiger partial charge in [0.25, 0.3) is 5.91 Å². The smallest absolute Gasteiger partial charge is 0.339 e. The first-order chi connectivity index (χ1) is 11.6. The number of imide groups is 1. The van der Waals surface area contributed by atoms with Crippen LogP contribution in [-0.4, -0.2) is 29.4 Å². The number of pyridine rings is 1. The Morgan fingerprint density at radius 2 is 1.75 bits per heavy atom. The van der Waals surface area contributed by atoms with E-state index in [9.17, 15) is 14.4 Å². The predicted molar refractivity (Wildman–Crippen MR) is 86.1 cm³/mol. The Balaban J connectivity index is 2.19. The van der Waals surface area contributed by atoms with Crippen LogP contribution in [-0.2, 0) is 9.53 Å². The van der Waals surface area contributed by atoms with Crippen LogP contribution in [0.4, 0.5) is 4.79 Å². The van der Waals surface area contributed by atoms with E-state index >= 15 is 0 Å². The van der Waals surface area contributed by atoms with E-state index in [2.05, 4.69) is 15.6 Å². The SMILES string of the molecule is CCNC(=O)NC(=O)[C@@H](OC(=O)c1ccncc1)c1ccccc1. The van der Waals surface area contributed by atoms with Crippen LogP contribution in [0.5, 0.6) is 0 Å². The summed E-state index contributed by atoms with van der Waals surface area (Å²) in [6.07, 6.45) is 1.65. The van der Waals surface area contributed by atoms with E-state index in [-0.39, 0.29) is 5.56 Å². The minimum Gasteiger partial charge on any atom is -0.444 e. The van der Waals surface area contributed by atoms with E-state index in [0.717, 1.165) is 0 Å². The fraction of sp³-hybridized carbons (Fsp3) is 0.176. The Morgan fingerprint density at radius 3 is 2.38 bits per heavy atom. The molecule has 1 aromatic heterocycles. The molecule has 0 saturated carbocycles. The summed E-state index contributed by atoms with van der Waals surface area (Å²) in [4.78, 5) is 39.9. The average Bonchev–Trinajstić information content (AvgIpc) is 2.61. The zero-order chi connectivity index (χ0) is 17.4. The largest absolute Gasteiger partial charge is 0.444 e. The lowest BCUT2D eigenvalue weighted by molar-refractivity contribution is -0.129. The van der Waals surface area contributed by atoms with E-state index in [0.29, 0.717) is 12.1 Å². The molecule has 24 heavy (non-hydrogen) atoms. The van der Waals surface area contributed by atoms with Crippen LogP contribution in [0.15, 0.2) is 54.9 Å². The van der Waals surface area contributed by atoms with E-state index in [1.165, 1.54) is 24.5 Å². The Labute approximate surface area is 139 Å². The van der Waals surface area contributed by atoms with E-state index in [1.807, 2.05) is 0 Å². The third kappa shape index (κ3) is 4.64. The first kappa shape index (κ1) is 17.1. The molecule has 1 atom stereocenters. The van der Waals surface area contributed by atoms with Crippen molar-refractivity contribution in [2.24, 2.45) is 0 Å². The minimum absolute atomic E-state index is 0.261. The molecule has 124 valence electrons. The number of nitrogens with zero attached hydrogens (tertiary/aromatic N) is 1. The van der Waals surface area contributed by atoms with Crippen molar-refractivity contribution < 1.29 is 19.1 Å². The quantitative estimate of drug-likeness (QED) is 0.817. The number of aromatic nitrogens is 1. The third-order valence-electron chi connectivity index (χ3n) is 3.06. The number of hydrogen-bond donors (Lipinski definition) is 2. The summed E-state index contributed by atoms with van der Waals surface area (Å²) in [6, 6.07) is 10.8. The van der Waals surface area contributed by atoms with Gasteiger partial charge in [-0.1, -0.05) is 30.3 Å². The Hall–Kier alpha value is -3.22. The molecule has 2 aromatic rings. The maximum Gasteiger partial charge on any atom is 0.339 e. The minimum atomic E-state index is -1.24. The number of benzene rings is 1. The summed E-state index contributed by atoms with van der Waals surface area (Å²) < 4.78 is 5.30. The summed E-state index contributed by atoms with van der Waals surface area (Å²) >= 11 is 0. The second kappa shape index (κ2) is 8.42. The molecule has 1 aromatic carbocycles. The zero-order valence-corrected chi connectivity index (χ0v) is 13.1. The van der Waals surface area contributed by atoms with Gasteiger partial charge >= 0.3 is 12.0 Å². The van der Waals surface area contributed by atoms with Gasteiger partial charge in [0.1, 0.15) is 0 Å². The second-order valence-electron chi connectivity index (χ2n) is 4.78. The lowest BCUT2D eigenvalue weighted by Gasteiger charge is -2.17. The van der Waals surface area contributed by atoms with Gasteiger partial charge in [-0.05, 0) is 19.1 Å². The maximum atomic E-state index is 12.3. The van der Waals surface area contributed by atoms with Gasteiger partial charge in [-0.25, -0.2) is 9.59 Å². The number of esters is 1. The van der Waals surface area contributed by atoms with Gasteiger partial charge in [0.2, 0.25) is 6.10 Å². The molecular weight excluding hydrogens is 310 g/mol. The fourth-order valence-corrected chi connectivity index (χ4v) is 1.95. The van der Waals surface area contributed by atoms with Crippen LogP contribution >= 0.6 is 0 Å². The lowest BCUT2D eigenvalue weighted by Crippen LogP contribution is -2.42. The molecule has 0 aliphatic carbocycles. The molecule has 7 nitrogen and oxygen atoms in total. The van der Waals surface area contributed by atoms with Gasteiger partial charge in [0.05, 0.1) is 5.56 Å². The molecule has 0 spiro atoms. The van der Waals surface area contributed by atoms with Crippen molar-refractivity contribution in [3.05, 3.63) is 66.0 Å². The van der Waals surface area contributed by atoms with Crippen molar-refractivity contribution in [1.29, 1.82) is 0 Å². The molecule has 0 radical (unpaired) electrons. The molecule has 0 aliphatic rings. The molecule has 2 N–H and O–H groups in total. The number of ether oxygens (including phenoxy) is 1. The van der Waals surface area contributed by atoms with Gasteiger partial charge in [0.15, 0.2) is 0 Å². The number of hydrogen-bond acceptors (Lipinski definition) is 5. The van der Waals surface area contributed by atoms with Crippen LogP contribution in [0.1, 0.15) is 28.9 Å². The monoisotopic (exact) mass is 327 g/mol. The topological polar surface area (TPSA) is 97.4 Å². The van der Waals surface area contributed by atoms with Crippen molar-refractivity contribution in [2.75, 3.05) is 6.54 Å². The zero-order valence-electron chi connectivity index (χ0n) is 13.1. The number of carbonyl (C=O) groups excluding carboxylic acids is 3. The summed E-state index contributed by atoms with van der Waals surface area (Å²) in [6.45, 7) is 2.09. The summed E-state index contributed by atoms with van der Waals surface area (Å²) in [5.41, 5.74) is 0.721. The van der Waals surface area contributed by atoms with Crippen molar-refractivity contribution in [3.8, 4) is 0 Å². The molecule has 0 aliphatic heterocycles. The number of nitrogens with one attached hydrogen (secondary N) is 2. The van der Waals surface area contributed by atoms with Crippen LogP contribution in [0.3, 0.4) is 0 Å². The molecule has 1 heterocycles. The van der Waals surface area contributed by atoms with Crippen molar-refractivity contribution >= 4 is 17.9 Å². The van der Waals surface area contributed by atoms with Gasteiger partial charge in [-0.15, -0.1) is 0 Å². The van der Waals surface area contributed by atoms with Gasteiger partial charge in [0, 0.05) is 24.5 Å². The molecule has 7 heteroatoms. The average molecular weight is 327 g/mol. The first-order valence-electron chi connectivity index (χ1n) is 7.36. The fourth-order valence-electron chi connectivity index (χ4n) is 1.95. The molecule has 0 bridgehead atoms. The van der Waals surface area contributed by atoms with Crippen molar-refractivity contribution in [3.63, 3.8) is 0 Å². The normalized spacial score (nSPS) is 11.2. The van der Waals surface area contributed by atoms with Crippen molar-refractivity contribution in [1.82, 2.24) is 15.6 Å². The Morgan fingerprint density at radius 1 is 1.08 bits per heavy atom. The molecule has 2 rings (SSSR count). The first-order valence-corrected chi connectivity index (χ1v) is 7.36. The van der Waals surface area contributed by atoms with Gasteiger partial charge < -0.3 is 10.1 Å². The maximum absolute atomic E-state index is 12.3. The summed E-state index contributed by atoms with van der Waals surface area (Å²) in [5, 5.41) is 4.61. The second-order valence-corrected chi connectivity index (χ2v) is 4.78. The van der Waals surface area contributed by atoms with Crippen LogP contribution in [0, 0.1) is 0 Å². The third-order valence-corrected chi connectivity index (χ3v) is 3.06. The highest BCUT2D eigenvalue weighted by atomic mass is 16.5. The van der Waals surface area contributed by atoms with E-state index in [4.69, 9.17) is 4.74 Å². The molecule has 0 fully saturated rings. The van der Waals surface area contributed by atoms with Crippen LogP contribution < -0.4 is 10.6 Å². The summed E-state index contributed by atoms with van der Waals surface area (Å²) in [5.74, 6) is -1.41. The highest BCUT2D eigenvalue weighted by molar-refractivity contribution is 5.99. The highest BCUT2D eigenvalue weighted by Gasteiger charge is 2.26. The number of urea groups is 1. The van der Waals surface area contributed by atoms with Crippen molar-refractivity contribution in [2.45, 2.75) is 13.0 Å². The Kier molecular flexibility index (Phi) is 6.01. The van der Waals surface area contributed by atoms with E-state index in [1.54, 1.807) is 37.3 Å². The molecule has 0 saturated heterocycles. The van der Waals surface area contributed by atoms with Crippen LogP contribution in [0.2, 0.25) is 0 Å². The lowest BCUT2D eigenvalue weighted by atomic mass is 10.1. The van der Waals surface area contributed by atoms with E-state index < -0.39 is 24.0 Å². The van der Waals surface area contributed by atoms with Crippen LogP contribution in [0.25, 0.3) is 0 Å². The standard InChI is InChI=1S/C17H17N3O4/c1-2-19-17(23)20-15(21)14(12-6-4-3-5-7-12)24-16(22)13-8-10-18-11-9-13/h3-11,14H,2H2,1H3,(H2,19,20,21,23)/t14-/m0/s1. The molecular formula is C17H17N3O4.